The SMILES string of the molecule is CC(C)(C)COc1c(Cl)c(=O)c1=O. The van der Waals surface area contributed by atoms with Gasteiger partial charge in [0.25, 0.3) is 10.9 Å². The van der Waals surface area contributed by atoms with Crippen molar-refractivity contribution >= 4 is 11.6 Å². The van der Waals surface area contributed by atoms with Crippen LogP contribution in [0.3, 0.4) is 0 Å². The lowest BCUT2D eigenvalue weighted by molar-refractivity contribution is 0.194. The van der Waals surface area contributed by atoms with Crippen LogP contribution in [0.1, 0.15) is 20.8 Å². The third kappa shape index (κ3) is 2.10. The molecule has 0 heterocycles. The molecule has 0 amide bonds. The van der Waals surface area contributed by atoms with Gasteiger partial charge in [-0.1, -0.05) is 32.4 Å². The highest BCUT2D eigenvalue weighted by Gasteiger charge is 2.22. The molecule has 1 rings (SSSR count). The van der Waals surface area contributed by atoms with Crippen molar-refractivity contribution in [3.05, 3.63) is 25.5 Å². The smallest absolute Gasteiger partial charge is 0.270 e. The van der Waals surface area contributed by atoms with Crippen LogP contribution in [0, 0.1) is 5.41 Å². The third-order valence-electron chi connectivity index (χ3n) is 1.46. The van der Waals surface area contributed by atoms with Crippen LogP contribution in [0.2, 0.25) is 5.02 Å². The van der Waals surface area contributed by atoms with Crippen molar-refractivity contribution in [3.8, 4) is 5.75 Å². The first-order chi connectivity index (χ1) is 5.83. The zero-order valence-corrected chi connectivity index (χ0v) is 8.57. The minimum absolute atomic E-state index is 0.0154. The second kappa shape index (κ2) is 3.14. The number of hydrogen-bond acceptors (Lipinski definition) is 3. The maximum absolute atomic E-state index is 10.9. The fourth-order valence-corrected chi connectivity index (χ4v) is 0.987. The fraction of sp³-hybridized carbons (Fsp3) is 0.556. The number of ether oxygens (including phenoxy) is 1. The molecule has 13 heavy (non-hydrogen) atoms. The molecule has 0 aromatic heterocycles. The highest BCUT2D eigenvalue weighted by molar-refractivity contribution is 6.32. The summed E-state index contributed by atoms with van der Waals surface area (Å²) in [5, 5.41) is -0.0748. The van der Waals surface area contributed by atoms with Crippen molar-refractivity contribution in [1.29, 1.82) is 0 Å². The van der Waals surface area contributed by atoms with E-state index < -0.39 is 10.9 Å². The highest BCUT2D eigenvalue weighted by atomic mass is 35.5. The van der Waals surface area contributed by atoms with Gasteiger partial charge in [0, 0.05) is 0 Å². The number of halogens is 1. The predicted octanol–water partition coefficient (Wildman–Crippen LogP) is 1.36. The van der Waals surface area contributed by atoms with E-state index in [1.807, 2.05) is 20.8 Å². The van der Waals surface area contributed by atoms with E-state index in [0.717, 1.165) is 0 Å². The molecule has 0 atom stereocenters. The Balaban J connectivity index is 2.68. The van der Waals surface area contributed by atoms with Crippen molar-refractivity contribution in [1.82, 2.24) is 0 Å². The summed E-state index contributed by atoms with van der Waals surface area (Å²) in [6.07, 6.45) is 0. The molecule has 0 unspecified atom stereocenters. The van der Waals surface area contributed by atoms with Crippen LogP contribution >= 0.6 is 11.6 Å². The van der Waals surface area contributed by atoms with Gasteiger partial charge in [-0.3, -0.25) is 9.59 Å². The first-order valence-corrected chi connectivity index (χ1v) is 4.32. The maximum atomic E-state index is 10.9. The molecule has 0 saturated carbocycles. The van der Waals surface area contributed by atoms with E-state index in [9.17, 15) is 9.59 Å². The standard InChI is InChI=1S/C9H11ClO3/c1-9(2,3)4-13-8-5(10)6(11)7(8)12/h4H2,1-3H3. The lowest BCUT2D eigenvalue weighted by atomic mass is 9.99. The predicted molar refractivity (Wildman–Crippen MR) is 51.3 cm³/mol. The lowest BCUT2D eigenvalue weighted by Crippen LogP contribution is -2.34. The monoisotopic (exact) mass is 202 g/mol. The quantitative estimate of drug-likeness (QED) is 0.681. The van der Waals surface area contributed by atoms with Gasteiger partial charge in [0.2, 0.25) is 0 Å². The Morgan fingerprint density at radius 3 is 2.15 bits per heavy atom. The lowest BCUT2D eigenvalue weighted by Gasteiger charge is -2.19. The van der Waals surface area contributed by atoms with Gasteiger partial charge in [-0.2, -0.15) is 0 Å². The van der Waals surface area contributed by atoms with E-state index in [1.54, 1.807) is 0 Å². The average Bonchev–Trinajstić information content (AvgIpc) is 2.01. The van der Waals surface area contributed by atoms with Gasteiger partial charge in [-0.05, 0) is 5.41 Å². The highest BCUT2D eigenvalue weighted by Crippen LogP contribution is 2.20. The molecule has 1 aromatic rings. The fourth-order valence-electron chi connectivity index (χ4n) is 0.761. The first-order valence-electron chi connectivity index (χ1n) is 3.94. The summed E-state index contributed by atoms with van der Waals surface area (Å²) in [5.74, 6) is 0.0154. The molecule has 0 bridgehead atoms. The van der Waals surface area contributed by atoms with Crippen LogP contribution in [0.5, 0.6) is 5.75 Å². The van der Waals surface area contributed by atoms with Crippen LogP contribution in [0.4, 0.5) is 0 Å². The van der Waals surface area contributed by atoms with Crippen LogP contribution in [0.25, 0.3) is 0 Å². The molecule has 1 aromatic carbocycles. The molecule has 0 aliphatic carbocycles. The van der Waals surface area contributed by atoms with Gasteiger partial charge in [0.1, 0.15) is 5.02 Å². The molecule has 0 saturated heterocycles. The van der Waals surface area contributed by atoms with Crippen LogP contribution in [-0.2, 0) is 0 Å². The third-order valence-corrected chi connectivity index (χ3v) is 1.80. The molecule has 0 radical (unpaired) electrons. The van der Waals surface area contributed by atoms with Crippen molar-refractivity contribution in [3.63, 3.8) is 0 Å². The second-order valence-corrected chi connectivity index (χ2v) is 4.53. The number of hydrogen-bond donors (Lipinski definition) is 0. The molecular formula is C9H11ClO3. The van der Waals surface area contributed by atoms with Gasteiger partial charge in [-0.15, -0.1) is 0 Å². The van der Waals surface area contributed by atoms with Crippen molar-refractivity contribution in [2.75, 3.05) is 6.61 Å². The molecule has 4 heteroatoms. The summed E-state index contributed by atoms with van der Waals surface area (Å²) in [7, 11) is 0. The minimum Gasteiger partial charge on any atom is -0.487 e. The average molecular weight is 203 g/mol. The largest absolute Gasteiger partial charge is 0.487 e. The second-order valence-electron chi connectivity index (χ2n) is 4.15. The van der Waals surface area contributed by atoms with Crippen molar-refractivity contribution < 1.29 is 4.74 Å². The Bertz CT molecular complexity index is 380. The topological polar surface area (TPSA) is 43.4 Å². The summed E-state index contributed by atoms with van der Waals surface area (Å²) in [6, 6.07) is 0. The zero-order valence-electron chi connectivity index (χ0n) is 7.81. The summed E-state index contributed by atoms with van der Waals surface area (Å²) < 4.78 is 5.11. The molecular weight excluding hydrogens is 192 g/mol. The van der Waals surface area contributed by atoms with Gasteiger partial charge in [-0.25, -0.2) is 0 Å². The maximum Gasteiger partial charge on any atom is 0.270 e. The molecule has 0 fully saturated rings. The first kappa shape index (κ1) is 10.3. The van der Waals surface area contributed by atoms with Crippen molar-refractivity contribution in [2.24, 2.45) is 5.41 Å². The van der Waals surface area contributed by atoms with E-state index in [4.69, 9.17) is 16.3 Å². The van der Waals surface area contributed by atoms with Gasteiger partial charge in [0.05, 0.1) is 6.61 Å². The van der Waals surface area contributed by atoms with Gasteiger partial charge < -0.3 is 4.74 Å². The van der Waals surface area contributed by atoms with E-state index in [1.165, 1.54) is 0 Å². The Kier molecular flexibility index (Phi) is 2.48. The Labute approximate surface area is 81.0 Å². The Morgan fingerprint density at radius 2 is 1.77 bits per heavy atom. The Hall–Kier alpha value is -0.830. The minimum atomic E-state index is -0.648. The van der Waals surface area contributed by atoms with Crippen LogP contribution in [0.15, 0.2) is 9.59 Å². The molecule has 72 valence electrons. The summed E-state index contributed by atoms with van der Waals surface area (Å²) in [6.45, 7) is 6.27. The van der Waals surface area contributed by atoms with E-state index in [0.29, 0.717) is 6.61 Å². The summed E-state index contributed by atoms with van der Waals surface area (Å²) in [5.41, 5.74) is -1.32. The summed E-state index contributed by atoms with van der Waals surface area (Å²) in [4.78, 5) is 21.5. The van der Waals surface area contributed by atoms with Gasteiger partial charge in [0.15, 0.2) is 5.75 Å². The Morgan fingerprint density at radius 1 is 1.23 bits per heavy atom. The molecule has 0 aliphatic heterocycles. The molecule has 0 spiro atoms. The summed E-state index contributed by atoms with van der Waals surface area (Å²) >= 11 is 5.47. The molecule has 3 nitrogen and oxygen atoms in total. The van der Waals surface area contributed by atoms with E-state index >= 15 is 0 Å². The van der Waals surface area contributed by atoms with Crippen LogP contribution in [-0.4, -0.2) is 6.61 Å². The van der Waals surface area contributed by atoms with Crippen LogP contribution < -0.4 is 15.6 Å². The van der Waals surface area contributed by atoms with Crippen molar-refractivity contribution in [2.45, 2.75) is 20.8 Å². The zero-order chi connectivity index (χ0) is 10.2. The van der Waals surface area contributed by atoms with E-state index in [-0.39, 0.29) is 16.2 Å². The van der Waals surface area contributed by atoms with Gasteiger partial charge >= 0.3 is 0 Å². The normalized spacial score (nSPS) is 12.0. The molecule has 0 aliphatic rings. The van der Waals surface area contributed by atoms with E-state index in [2.05, 4.69) is 0 Å². The molecule has 0 N–H and O–H groups in total. The number of rotatable bonds is 2.